The lowest BCUT2D eigenvalue weighted by Crippen LogP contribution is -2.44. The van der Waals surface area contributed by atoms with Crippen molar-refractivity contribution in [1.82, 2.24) is 15.5 Å². The zero-order valence-corrected chi connectivity index (χ0v) is 15.8. The second kappa shape index (κ2) is 6.84. The summed E-state index contributed by atoms with van der Waals surface area (Å²) in [6.45, 7) is 5.23. The lowest BCUT2D eigenvalue weighted by Gasteiger charge is -2.22. The smallest absolute Gasteiger partial charge is 0.258 e. The molecule has 0 unspecified atom stereocenters. The van der Waals surface area contributed by atoms with Crippen LogP contribution < -0.4 is 10.1 Å². The van der Waals surface area contributed by atoms with Gasteiger partial charge in [0.05, 0.1) is 5.54 Å². The molecule has 3 aromatic rings. The van der Waals surface area contributed by atoms with Gasteiger partial charge in [0.1, 0.15) is 5.75 Å². The molecule has 6 nitrogen and oxygen atoms in total. The Morgan fingerprint density at radius 2 is 1.96 bits per heavy atom. The van der Waals surface area contributed by atoms with Crippen LogP contribution in [0.25, 0.3) is 10.8 Å². The van der Waals surface area contributed by atoms with Crippen molar-refractivity contribution in [2.45, 2.75) is 26.3 Å². The molecule has 0 saturated heterocycles. The van der Waals surface area contributed by atoms with E-state index in [2.05, 4.69) is 31.4 Å². The average Bonchev–Trinajstić information content (AvgIpc) is 3.00. The molecule has 0 atom stereocenters. The molecule has 1 heterocycles. The number of rotatable bonds is 5. The largest absolute Gasteiger partial charge is 0.484 e. The van der Waals surface area contributed by atoms with Crippen LogP contribution in [0.3, 0.4) is 0 Å². The van der Waals surface area contributed by atoms with Gasteiger partial charge in [-0.1, -0.05) is 33.2 Å². The van der Waals surface area contributed by atoms with Crippen molar-refractivity contribution in [3.63, 3.8) is 0 Å². The number of nitrogens with one attached hydrogen (secondary N) is 1. The summed E-state index contributed by atoms with van der Waals surface area (Å²) in [6, 6.07) is 11.7. The SMILES string of the molecule is Cc1nc(C(C)(C)NC(=O)COc2ccc3cc(Br)ccc3c2)no1. The fraction of sp³-hybridized carbons (Fsp3) is 0.278. The Labute approximate surface area is 153 Å². The zero-order valence-electron chi connectivity index (χ0n) is 14.2. The number of hydrogen-bond donors (Lipinski definition) is 1. The molecule has 3 rings (SSSR count). The molecule has 130 valence electrons. The predicted molar refractivity (Wildman–Crippen MR) is 97.3 cm³/mol. The topological polar surface area (TPSA) is 77.2 Å². The van der Waals surface area contributed by atoms with Crippen LogP contribution in [0, 0.1) is 6.92 Å². The summed E-state index contributed by atoms with van der Waals surface area (Å²) >= 11 is 3.45. The molecule has 0 bridgehead atoms. The minimum Gasteiger partial charge on any atom is -0.484 e. The minimum absolute atomic E-state index is 0.0949. The van der Waals surface area contributed by atoms with Crippen LogP contribution in [0.4, 0.5) is 0 Å². The van der Waals surface area contributed by atoms with E-state index in [1.54, 1.807) is 6.92 Å². The van der Waals surface area contributed by atoms with Crippen LogP contribution in [-0.4, -0.2) is 22.7 Å². The van der Waals surface area contributed by atoms with Crippen LogP contribution >= 0.6 is 15.9 Å². The van der Waals surface area contributed by atoms with Crippen LogP contribution in [0.1, 0.15) is 25.6 Å². The Morgan fingerprint density at radius 3 is 2.68 bits per heavy atom. The Balaban J connectivity index is 1.63. The van der Waals surface area contributed by atoms with Gasteiger partial charge in [0, 0.05) is 11.4 Å². The summed E-state index contributed by atoms with van der Waals surface area (Å²) in [7, 11) is 0. The van der Waals surface area contributed by atoms with Crippen molar-refractivity contribution in [3.05, 3.63) is 52.6 Å². The third-order valence-electron chi connectivity index (χ3n) is 3.68. The van der Waals surface area contributed by atoms with E-state index in [4.69, 9.17) is 9.26 Å². The molecule has 1 N–H and O–H groups in total. The molecule has 0 aliphatic carbocycles. The van der Waals surface area contributed by atoms with Crippen molar-refractivity contribution in [2.75, 3.05) is 6.61 Å². The van der Waals surface area contributed by atoms with Gasteiger partial charge in [-0.2, -0.15) is 4.98 Å². The van der Waals surface area contributed by atoms with E-state index >= 15 is 0 Å². The summed E-state index contributed by atoms with van der Waals surface area (Å²) in [6.07, 6.45) is 0. The van der Waals surface area contributed by atoms with Gasteiger partial charge >= 0.3 is 0 Å². The van der Waals surface area contributed by atoms with Crippen LogP contribution in [0.2, 0.25) is 0 Å². The number of aromatic nitrogens is 2. The van der Waals surface area contributed by atoms with Crippen molar-refractivity contribution < 1.29 is 14.1 Å². The Kier molecular flexibility index (Phi) is 4.76. The molecule has 1 amide bonds. The van der Waals surface area contributed by atoms with E-state index in [0.717, 1.165) is 15.2 Å². The Bertz CT molecular complexity index is 921. The van der Waals surface area contributed by atoms with Crippen LogP contribution in [0.15, 0.2) is 45.4 Å². The quantitative estimate of drug-likeness (QED) is 0.702. The lowest BCUT2D eigenvalue weighted by atomic mass is 10.1. The van der Waals surface area contributed by atoms with Gasteiger partial charge in [0.25, 0.3) is 5.91 Å². The Hall–Kier alpha value is -2.41. The number of amides is 1. The van der Waals surface area contributed by atoms with Crippen molar-refractivity contribution >= 4 is 32.6 Å². The molecule has 0 radical (unpaired) electrons. The first-order chi connectivity index (χ1) is 11.8. The maximum absolute atomic E-state index is 12.2. The Morgan fingerprint density at radius 1 is 1.24 bits per heavy atom. The number of hydrogen-bond acceptors (Lipinski definition) is 5. The molecule has 0 saturated carbocycles. The van der Waals surface area contributed by atoms with Gasteiger partial charge in [0.2, 0.25) is 5.89 Å². The van der Waals surface area contributed by atoms with E-state index < -0.39 is 5.54 Å². The van der Waals surface area contributed by atoms with E-state index in [1.165, 1.54) is 0 Å². The molecule has 25 heavy (non-hydrogen) atoms. The van der Waals surface area contributed by atoms with Crippen molar-refractivity contribution in [1.29, 1.82) is 0 Å². The van der Waals surface area contributed by atoms with Gasteiger partial charge < -0.3 is 14.6 Å². The van der Waals surface area contributed by atoms with E-state index in [0.29, 0.717) is 17.5 Å². The molecule has 0 aliphatic rings. The van der Waals surface area contributed by atoms with Crippen LogP contribution in [-0.2, 0) is 10.3 Å². The normalized spacial score (nSPS) is 11.5. The summed E-state index contributed by atoms with van der Waals surface area (Å²) in [4.78, 5) is 16.3. The number of ether oxygens (including phenoxy) is 1. The first-order valence-electron chi connectivity index (χ1n) is 7.77. The highest BCUT2D eigenvalue weighted by Gasteiger charge is 2.28. The van der Waals surface area contributed by atoms with E-state index in [-0.39, 0.29) is 12.5 Å². The average molecular weight is 404 g/mol. The number of carbonyl (C=O) groups excluding carboxylic acids is 1. The highest BCUT2D eigenvalue weighted by atomic mass is 79.9. The lowest BCUT2D eigenvalue weighted by molar-refractivity contribution is -0.124. The molecule has 0 fully saturated rings. The maximum Gasteiger partial charge on any atom is 0.258 e. The molecule has 0 aliphatic heterocycles. The zero-order chi connectivity index (χ0) is 18.0. The van der Waals surface area contributed by atoms with Gasteiger partial charge in [-0.3, -0.25) is 4.79 Å². The molecule has 0 spiro atoms. The van der Waals surface area contributed by atoms with E-state index in [9.17, 15) is 4.79 Å². The fourth-order valence-corrected chi connectivity index (χ4v) is 2.81. The first-order valence-corrected chi connectivity index (χ1v) is 8.57. The molecule has 1 aromatic heterocycles. The predicted octanol–water partition coefficient (Wildman–Crippen LogP) is 3.72. The van der Waals surface area contributed by atoms with Crippen molar-refractivity contribution in [3.8, 4) is 5.75 Å². The number of halogens is 1. The first kappa shape index (κ1) is 17.4. The maximum atomic E-state index is 12.2. The molecule has 7 heteroatoms. The number of fused-ring (bicyclic) bond motifs is 1. The van der Waals surface area contributed by atoms with Crippen molar-refractivity contribution in [2.24, 2.45) is 0 Å². The summed E-state index contributed by atoms with van der Waals surface area (Å²) in [5, 5.41) is 8.84. The second-order valence-corrected chi connectivity index (χ2v) is 7.17. The fourth-order valence-electron chi connectivity index (χ4n) is 2.43. The molecular formula is C18H18BrN3O3. The van der Waals surface area contributed by atoms with E-state index in [1.807, 2.05) is 50.2 Å². The number of carbonyl (C=O) groups is 1. The number of benzene rings is 2. The minimum atomic E-state index is -0.742. The summed E-state index contributed by atoms with van der Waals surface area (Å²) in [5.74, 6) is 1.26. The third kappa shape index (κ3) is 4.17. The standard InChI is InChI=1S/C18H18BrN3O3/c1-11-20-17(22-25-11)18(2,3)21-16(23)10-24-15-7-5-12-8-14(19)6-4-13(12)9-15/h4-9H,10H2,1-3H3,(H,21,23). The number of nitrogens with zero attached hydrogens (tertiary/aromatic N) is 2. The van der Waals surface area contributed by atoms with Gasteiger partial charge in [-0.15, -0.1) is 0 Å². The summed E-state index contributed by atoms with van der Waals surface area (Å²) < 4.78 is 11.6. The highest BCUT2D eigenvalue weighted by Crippen LogP contribution is 2.24. The number of aryl methyl sites for hydroxylation is 1. The second-order valence-electron chi connectivity index (χ2n) is 6.25. The highest BCUT2D eigenvalue weighted by molar-refractivity contribution is 9.10. The summed E-state index contributed by atoms with van der Waals surface area (Å²) in [5.41, 5.74) is -0.742. The van der Waals surface area contributed by atoms with Gasteiger partial charge in [-0.25, -0.2) is 0 Å². The van der Waals surface area contributed by atoms with Gasteiger partial charge in [-0.05, 0) is 48.9 Å². The monoisotopic (exact) mass is 403 g/mol. The van der Waals surface area contributed by atoms with Crippen LogP contribution in [0.5, 0.6) is 5.75 Å². The molecular weight excluding hydrogens is 386 g/mol. The third-order valence-corrected chi connectivity index (χ3v) is 4.18. The molecule has 2 aromatic carbocycles. The van der Waals surface area contributed by atoms with Gasteiger partial charge in [0.15, 0.2) is 12.4 Å².